The highest BCUT2D eigenvalue weighted by Gasteiger charge is 2.37. The number of rotatable bonds is 4. The monoisotopic (exact) mass is 382 g/mol. The van der Waals surface area contributed by atoms with Gasteiger partial charge in [0, 0.05) is 30.9 Å². The molecule has 1 saturated heterocycles. The highest BCUT2D eigenvalue weighted by molar-refractivity contribution is 5.76. The molecule has 0 radical (unpaired) electrons. The van der Waals surface area contributed by atoms with E-state index in [1.54, 1.807) is 17.1 Å². The molecule has 7 heteroatoms. The van der Waals surface area contributed by atoms with Crippen LogP contribution < -0.4 is 0 Å². The molecule has 1 aliphatic heterocycles. The molecule has 2 atom stereocenters. The lowest BCUT2D eigenvalue weighted by atomic mass is 9.73. The minimum atomic E-state index is -0.714. The first-order valence-electron chi connectivity index (χ1n) is 9.63. The van der Waals surface area contributed by atoms with Crippen molar-refractivity contribution in [3.05, 3.63) is 42.5 Å². The minimum absolute atomic E-state index is 0.0699. The number of fused-ring (bicyclic) bond motifs is 1. The molecule has 0 spiro atoms. The zero-order valence-electron chi connectivity index (χ0n) is 16.5. The highest BCUT2D eigenvalue weighted by atomic mass is 16.4. The van der Waals surface area contributed by atoms with Gasteiger partial charge < -0.3 is 9.52 Å². The SMILES string of the molecule is CC(C)(C)[C@@H]1C[C@@H](C(=O)O)CN(Cc2cc3cc(-n4cccn4)cnc3o2)C1. The Balaban J connectivity index is 1.55. The van der Waals surface area contributed by atoms with Crippen LogP contribution >= 0.6 is 0 Å². The number of pyridine rings is 1. The van der Waals surface area contributed by atoms with Gasteiger partial charge in [-0.1, -0.05) is 20.8 Å². The van der Waals surface area contributed by atoms with Crippen LogP contribution in [0.3, 0.4) is 0 Å². The van der Waals surface area contributed by atoms with Crippen molar-refractivity contribution in [2.45, 2.75) is 33.7 Å². The van der Waals surface area contributed by atoms with Gasteiger partial charge in [0.2, 0.25) is 5.71 Å². The van der Waals surface area contributed by atoms with Gasteiger partial charge >= 0.3 is 5.97 Å². The Morgan fingerprint density at radius 1 is 1.32 bits per heavy atom. The van der Waals surface area contributed by atoms with Crippen LogP contribution in [-0.4, -0.2) is 43.8 Å². The summed E-state index contributed by atoms with van der Waals surface area (Å²) in [7, 11) is 0. The van der Waals surface area contributed by atoms with Gasteiger partial charge in [-0.05, 0) is 36.0 Å². The van der Waals surface area contributed by atoms with Gasteiger partial charge in [-0.3, -0.25) is 9.69 Å². The summed E-state index contributed by atoms with van der Waals surface area (Å²) in [5, 5.41) is 14.7. The van der Waals surface area contributed by atoms with Crippen molar-refractivity contribution in [2.24, 2.45) is 17.3 Å². The molecule has 0 aliphatic carbocycles. The fourth-order valence-electron chi connectivity index (χ4n) is 3.94. The van der Waals surface area contributed by atoms with E-state index in [1.807, 2.05) is 24.4 Å². The Morgan fingerprint density at radius 2 is 2.14 bits per heavy atom. The molecule has 4 rings (SSSR count). The van der Waals surface area contributed by atoms with Crippen LogP contribution in [0.1, 0.15) is 33.0 Å². The Kier molecular flexibility index (Phi) is 4.71. The molecule has 3 aromatic heterocycles. The van der Waals surface area contributed by atoms with E-state index in [1.165, 1.54) is 0 Å². The Hall–Kier alpha value is -2.67. The third kappa shape index (κ3) is 3.80. The number of furan rings is 1. The number of carboxylic acid groups (broad SMARTS) is 1. The molecular weight excluding hydrogens is 356 g/mol. The highest BCUT2D eigenvalue weighted by Crippen LogP contribution is 2.36. The van der Waals surface area contributed by atoms with Crippen molar-refractivity contribution < 1.29 is 14.3 Å². The van der Waals surface area contributed by atoms with Crippen LogP contribution in [0, 0.1) is 17.3 Å². The van der Waals surface area contributed by atoms with Gasteiger partial charge in [-0.25, -0.2) is 9.67 Å². The summed E-state index contributed by atoms with van der Waals surface area (Å²) in [6.45, 7) is 8.55. The summed E-state index contributed by atoms with van der Waals surface area (Å²) in [5.41, 5.74) is 1.53. The lowest BCUT2D eigenvalue weighted by Crippen LogP contribution is -2.46. The fourth-order valence-corrected chi connectivity index (χ4v) is 3.94. The van der Waals surface area contributed by atoms with E-state index in [2.05, 4.69) is 35.8 Å². The second-order valence-corrected chi connectivity index (χ2v) is 8.78. The number of hydrogen-bond donors (Lipinski definition) is 1. The van der Waals surface area contributed by atoms with Crippen molar-refractivity contribution in [3.8, 4) is 5.69 Å². The smallest absolute Gasteiger partial charge is 0.307 e. The molecule has 0 saturated carbocycles. The third-order valence-electron chi connectivity index (χ3n) is 5.66. The summed E-state index contributed by atoms with van der Waals surface area (Å²) in [5.74, 6) is 0.0797. The van der Waals surface area contributed by atoms with E-state index < -0.39 is 5.97 Å². The van der Waals surface area contributed by atoms with Crippen LogP contribution in [-0.2, 0) is 11.3 Å². The van der Waals surface area contributed by atoms with Crippen molar-refractivity contribution in [1.82, 2.24) is 19.7 Å². The van der Waals surface area contributed by atoms with E-state index in [9.17, 15) is 9.90 Å². The number of aliphatic carboxylic acids is 1. The van der Waals surface area contributed by atoms with Gasteiger partial charge in [-0.2, -0.15) is 5.10 Å². The molecule has 0 amide bonds. The van der Waals surface area contributed by atoms with Gasteiger partial charge in [-0.15, -0.1) is 0 Å². The molecule has 7 nitrogen and oxygen atoms in total. The molecule has 0 unspecified atom stereocenters. The normalized spacial score (nSPS) is 21.2. The van der Waals surface area contributed by atoms with Gasteiger partial charge in [0.15, 0.2) is 0 Å². The molecule has 1 N–H and O–H groups in total. The molecule has 148 valence electrons. The van der Waals surface area contributed by atoms with E-state index in [-0.39, 0.29) is 11.3 Å². The number of nitrogens with zero attached hydrogens (tertiary/aromatic N) is 4. The summed E-state index contributed by atoms with van der Waals surface area (Å²) in [6.07, 6.45) is 6.06. The summed E-state index contributed by atoms with van der Waals surface area (Å²) in [4.78, 5) is 18.3. The van der Waals surface area contributed by atoms with Gasteiger partial charge in [0.05, 0.1) is 24.3 Å². The van der Waals surface area contributed by atoms with Crippen molar-refractivity contribution >= 4 is 17.1 Å². The Morgan fingerprint density at radius 3 is 2.82 bits per heavy atom. The maximum atomic E-state index is 11.6. The first-order valence-corrected chi connectivity index (χ1v) is 9.63. The predicted octanol–water partition coefficient (Wildman–Crippen LogP) is 3.58. The second kappa shape index (κ2) is 7.05. The molecule has 1 aliphatic rings. The first kappa shape index (κ1) is 18.7. The lowest BCUT2D eigenvalue weighted by Gasteiger charge is -2.41. The maximum Gasteiger partial charge on any atom is 0.307 e. The van der Waals surface area contributed by atoms with Crippen LogP contribution in [0.2, 0.25) is 0 Å². The molecule has 3 aromatic rings. The molecule has 0 bridgehead atoms. The number of piperidine rings is 1. The quantitative estimate of drug-likeness (QED) is 0.742. The number of likely N-dealkylation sites (tertiary alicyclic amines) is 1. The van der Waals surface area contributed by atoms with Crippen molar-refractivity contribution in [1.29, 1.82) is 0 Å². The number of carbonyl (C=O) groups is 1. The molecule has 28 heavy (non-hydrogen) atoms. The van der Waals surface area contributed by atoms with Gasteiger partial charge in [0.1, 0.15) is 5.76 Å². The zero-order chi connectivity index (χ0) is 19.9. The van der Waals surface area contributed by atoms with Crippen LogP contribution in [0.4, 0.5) is 0 Å². The molecular formula is C21H26N4O3. The fraction of sp³-hybridized carbons (Fsp3) is 0.476. The number of hydrogen-bond acceptors (Lipinski definition) is 5. The summed E-state index contributed by atoms with van der Waals surface area (Å²) in [6, 6.07) is 5.86. The first-order chi connectivity index (χ1) is 13.3. The van der Waals surface area contributed by atoms with Crippen LogP contribution in [0.25, 0.3) is 16.8 Å². The van der Waals surface area contributed by atoms with E-state index >= 15 is 0 Å². The molecule has 1 fully saturated rings. The van der Waals surface area contributed by atoms with Crippen LogP contribution in [0.15, 0.2) is 41.2 Å². The zero-order valence-corrected chi connectivity index (χ0v) is 16.5. The standard InChI is InChI=1S/C21H26N4O3/c1-21(2,3)16-7-15(20(26)27)11-24(12-16)13-18-9-14-8-17(10-22-19(14)28-18)25-6-4-5-23-25/h4-6,8-10,15-16H,7,11-13H2,1-3H3,(H,26,27)/t15-,16-/m1/s1. The van der Waals surface area contributed by atoms with E-state index in [0.717, 1.165) is 29.8 Å². The topological polar surface area (TPSA) is 84.4 Å². The van der Waals surface area contributed by atoms with Crippen molar-refractivity contribution in [3.63, 3.8) is 0 Å². The Bertz CT molecular complexity index is 971. The lowest BCUT2D eigenvalue weighted by molar-refractivity contribution is -0.145. The Labute approximate surface area is 164 Å². The minimum Gasteiger partial charge on any atom is -0.481 e. The van der Waals surface area contributed by atoms with Gasteiger partial charge in [0.25, 0.3) is 0 Å². The summed E-state index contributed by atoms with van der Waals surface area (Å²) < 4.78 is 7.69. The third-order valence-corrected chi connectivity index (χ3v) is 5.66. The molecule has 4 heterocycles. The largest absolute Gasteiger partial charge is 0.481 e. The average Bonchev–Trinajstić information content (AvgIpc) is 3.29. The van der Waals surface area contributed by atoms with Crippen LogP contribution in [0.5, 0.6) is 0 Å². The number of aromatic nitrogens is 3. The second-order valence-electron chi connectivity index (χ2n) is 8.78. The van der Waals surface area contributed by atoms with E-state index in [0.29, 0.717) is 24.7 Å². The average molecular weight is 382 g/mol. The van der Waals surface area contributed by atoms with E-state index in [4.69, 9.17) is 4.42 Å². The van der Waals surface area contributed by atoms with Crippen molar-refractivity contribution in [2.75, 3.05) is 13.1 Å². The molecule has 0 aromatic carbocycles. The summed E-state index contributed by atoms with van der Waals surface area (Å²) >= 11 is 0. The predicted molar refractivity (Wildman–Crippen MR) is 105 cm³/mol. The maximum absolute atomic E-state index is 11.6. The number of carboxylic acids is 1.